The Kier molecular flexibility index (Phi) is 11.8. The molecule has 246 valence electrons. The molecular weight excluding hydrogens is 658 g/mol. The summed E-state index contributed by atoms with van der Waals surface area (Å²) in [4.78, 5) is 28.8. The Morgan fingerprint density at radius 1 is 0.915 bits per heavy atom. The molecule has 1 aromatic heterocycles. The smallest absolute Gasteiger partial charge is 0.301 e. The van der Waals surface area contributed by atoms with E-state index < -0.39 is 17.7 Å². The van der Waals surface area contributed by atoms with Gasteiger partial charge in [-0.2, -0.15) is 0 Å². The predicted octanol–water partition coefficient (Wildman–Crippen LogP) is 8.48. The average molecular weight is 694 g/mol. The second-order valence-corrected chi connectivity index (χ2v) is 13.3. The van der Waals surface area contributed by atoms with Crippen molar-refractivity contribution in [1.29, 1.82) is 0 Å². The lowest BCUT2D eigenvalue weighted by molar-refractivity contribution is -0.132. The minimum Gasteiger partial charge on any atom is -0.507 e. The largest absolute Gasteiger partial charge is 0.507 e. The first-order valence-electron chi connectivity index (χ1n) is 15.5. The number of hydrogen-bond donors (Lipinski definition) is 1. The molecule has 0 radical (unpaired) electrons. The van der Waals surface area contributed by atoms with Gasteiger partial charge in [-0.1, -0.05) is 73.2 Å². The normalized spacial score (nSPS) is 15.7. The van der Waals surface area contributed by atoms with E-state index in [-0.39, 0.29) is 16.5 Å². The first-order valence-corrected chi connectivity index (χ1v) is 17.7. The maximum Gasteiger partial charge on any atom is 0.301 e. The van der Waals surface area contributed by atoms with E-state index in [1.807, 2.05) is 38.1 Å². The van der Waals surface area contributed by atoms with Gasteiger partial charge in [0, 0.05) is 16.3 Å². The van der Waals surface area contributed by atoms with Crippen LogP contribution in [0.4, 0.5) is 5.13 Å². The molecule has 3 aromatic carbocycles. The number of thioether (sulfide) groups is 1. The molecule has 5 rings (SSSR count). The molecule has 0 spiro atoms. The highest BCUT2D eigenvalue weighted by Gasteiger charge is 2.48. The van der Waals surface area contributed by atoms with Crippen molar-refractivity contribution in [3.63, 3.8) is 0 Å². The minimum atomic E-state index is -1.00. The topological polar surface area (TPSA) is 111 Å². The Labute approximate surface area is 287 Å². The lowest BCUT2D eigenvalue weighted by Gasteiger charge is -2.23. The van der Waals surface area contributed by atoms with Crippen LogP contribution in [0.25, 0.3) is 5.76 Å². The summed E-state index contributed by atoms with van der Waals surface area (Å²) in [6.07, 6.45) is 2.71. The predicted molar refractivity (Wildman–Crippen MR) is 186 cm³/mol. The molecule has 9 nitrogen and oxygen atoms in total. The van der Waals surface area contributed by atoms with E-state index in [9.17, 15) is 14.7 Å². The van der Waals surface area contributed by atoms with Crippen LogP contribution in [0.2, 0.25) is 5.02 Å². The van der Waals surface area contributed by atoms with Crippen LogP contribution < -0.4 is 19.1 Å². The Bertz CT molecular complexity index is 1730. The third-order valence-corrected chi connectivity index (χ3v) is 9.64. The number of hydrogen-bond acceptors (Lipinski definition) is 10. The summed E-state index contributed by atoms with van der Waals surface area (Å²) < 4.78 is 18.2. The highest BCUT2D eigenvalue weighted by atomic mass is 35.5. The fourth-order valence-electron chi connectivity index (χ4n) is 4.92. The van der Waals surface area contributed by atoms with Crippen molar-refractivity contribution in [1.82, 2.24) is 10.2 Å². The van der Waals surface area contributed by atoms with Crippen molar-refractivity contribution in [2.75, 3.05) is 24.7 Å². The SMILES string of the molecule is CCCCOc1ccc(C2C(=C(O)c3ccc(OCCC)cc3)C(=O)C(=O)N2c2nnc(SCc3ccc(Cl)cc3)s2)cc1OCC. The van der Waals surface area contributed by atoms with Gasteiger partial charge < -0.3 is 19.3 Å². The number of carbonyl (C=O) groups excluding carboxylic acids is 2. The number of aromatic nitrogens is 2. The lowest BCUT2D eigenvalue weighted by atomic mass is 9.95. The molecule has 47 heavy (non-hydrogen) atoms. The second-order valence-electron chi connectivity index (χ2n) is 10.6. The van der Waals surface area contributed by atoms with E-state index in [0.717, 1.165) is 24.8 Å². The summed E-state index contributed by atoms with van der Waals surface area (Å²) >= 11 is 8.68. The first kappa shape index (κ1) is 34.3. The molecule has 1 amide bonds. The van der Waals surface area contributed by atoms with Gasteiger partial charge in [0.25, 0.3) is 5.78 Å². The standard InChI is InChI=1S/C35H36ClN3O6S2/c1-4-7-19-45-27-17-12-24(20-28(27)43-6-3)30-29(31(40)23-10-15-26(16-11-23)44-18-5-2)32(41)33(42)39(30)34-37-38-35(47-34)46-21-22-8-13-25(36)14-9-22/h8-17,20,30,40H,4-7,18-19,21H2,1-3H3. The number of aliphatic hydroxyl groups excluding tert-OH is 1. The molecule has 0 bridgehead atoms. The number of ketones is 1. The molecular formula is C35H36ClN3O6S2. The highest BCUT2D eigenvalue weighted by molar-refractivity contribution is 8.00. The van der Waals surface area contributed by atoms with Crippen LogP contribution in [0.3, 0.4) is 0 Å². The van der Waals surface area contributed by atoms with Gasteiger partial charge in [0.15, 0.2) is 15.8 Å². The summed E-state index contributed by atoms with van der Waals surface area (Å²) in [5, 5.41) is 21.1. The maximum atomic E-state index is 13.8. The summed E-state index contributed by atoms with van der Waals surface area (Å²) in [6, 6.07) is 18.6. The zero-order valence-electron chi connectivity index (χ0n) is 26.4. The van der Waals surface area contributed by atoms with Crippen LogP contribution in [0.5, 0.6) is 17.2 Å². The number of rotatable bonds is 15. The Morgan fingerprint density at radius 3 is 2.38 bits per heavy atom. The van der Waals surface area contributed by atoms with Gasteiger partial charge in [0.2, 0.25) is 5.13 Å². The molecule has 0 aliphatic carbocycles. The molecule has 2 heterocycles. The van der Waals surface area contributed by atoms with Gasteiger partial charge >= 0.3 is 5.91 Å². The molecule has 1 saturated heterocycles. The Balaban J connectivity index is 1.55. The maximum absolute atomic E-state index is 13.8. The van der Waals surface area contributed by atoms with E-state index in [1.165, 1.54) is 28.0 Å². The van der Waals surface area contributed by atoms with Gasteiger partial charge in [-0.3, -0.25) is 14.5 Å². The lowest BCUT2D eigenvalue weighted by Crippen LogP contribution is -2.29. The number of ether oxygens (including phenoxy) is 3. The number of carbonyl (C=O) groups is 2. The Morgan fingerprint density at radius 2 is 1.68 bits per heavy atom. The monoisotopic (exact) mass is 693 g/mol. The molecule has 1 aliphatic heterocycles. The van der Waals surface area contributed by atoms with E-state index in [2.05, 4.69) is 17.1 Å². The third-order valence-electron chi connectivity index (χ3n) is 7.26. The van der Waals surface area contributed by atoms with E-state index in [0.29, 0.717) is 63.3 Å². The molecule has 12 heteroatoms. The molecule has 1 N–H and O–H groups in total. The number of Topliss-reactive ketones (excluding diaryl/α,β-unsaturated/α-hetero) is 1. The average Bonchev–Trinajstić information content (AvgIpc) is 3.65. The number of aliphatic hydroxyl groups is 1. The van der Waals surface area contributed by atoms with Gasteiger partial charge in [-0.25, -0.2) is 0 Å². The zero-order chi connectivity index (χ0) is 33.3. The van der Waals surface area contributed by atoms with Crippen molar-refractivity contribution in [2.24, 2.45) is 0 Å². The number of anilines is 1. The first-order chi connectivity index (χ1) is 22.8. The zero-order valence-corrected chi connectivity index (χ0v) is 28.8. The van der Waals surface area contributed by atoms with Gasteiger partial charge in [0.05, 0.1) is 31.4 Å². The summed E-state index contributed by atoms with van der Waals surface area (Å²) in [6.45, 7) is 7.42. The third kappa shape index (κ3) is 8.09. The van der Waals surface area contributed by atoms with Gasteiger partial charge in [-0.05, 0) is 79.4 Å². The minimum absolute atomic E-state index is 0.0649. The van der Waals surface area contributed by atoms with Crippen LogP contribution in [0.15, 0.2) is 76.6 Å². The summed E-state index contributed by atoms with van der Waals surface area (Å²) in [7, 11) is 0. The van der Waals surface area contributed by atoms with Crippen LogP contribution in [-0.2, 0) is 15.3 Å². The summed E-state index contributed by atoms with van der Waals surface area (Å²) in [5.74, 6) is 0.333. The Hall–Kier alpha value is -4.06. The van der Waals surface area contributed by atoms with E-state index in [1.54, 1.807) is 42.5 Å². The second kappa shape index (κ2) is 16.2. The molecule has 1 unspecified atom stereocenters. The number of benzene rings is 3. The molecule has 4 aromatic rings. The van der Waals surface area contributed by atoms with Gasteiger partial charge in [-0.15, -0.1) is 10.2 Å². The van der Waals surface area contributed by atoms with Crippen LogP contribution in [0, 0.1) is 0 Å². The molecule has 1 atom stereocenters. The summed E-state index contributed by atoms with van der Waals surface area (Å²) in [5.41, 5.74) is 1.90. The van der Waals surface area contributed by atoms with Crippen molar-refractivity contribution in [3.8, 4) is 17.2 Å². The van der Waals surface area contributed by atoms with Gasteiger partial charge in [0.1, 0.15) is 11.5 Å². The quantitative estimate of drug-likeness (QED) is 0.0327. The number of unbranched alkanes of at least 4 members (excludes halogenated alkanes) is 1. The van der Waals surface area contributed by atoms with E-state index >= 15 is 0 Å². The number of nitrogens with zero attached hydrogens (tertiary/aromatic N) is 3. The van der Waals surface area contributed by atoms with Crippen molar-refractivity contribution < 1.29 is 28.9 Å². The van der Waals surface area contributed by atoms with E-state index in [4.69, 9.17) is 25.8 Å². The fraction of sp³-hybridized carbons (Fsp3) is 0.314. The highest BCUT2D eigenvalue weighted by Crippen LogP contribution is 2.46. The molecule has 0 saturated carbocycles. The van der Waals surface area contributed by atoms with Crippen molar-refractivity contribution in [2.45, 2.75) is 56.2 Å². The van der Waals surface area contributed by atoms with Crippen molar-refractivity contribution in [3.05, 3.63) is 94.0 Å². The van der Waals surface area contributed by atoms with Crippen LogP contribution >= 0.6 is 34.7 Å². The van der Waals surface area contributed by atoms with Crippen molar-refractivity contribution >= 4 is 57.3 Å². The fourth-order valence-corrected chi connectivity index (χ4v) is 6.87. The molecule has 1 fully saturated rings. The molecule has 1 aliphatic rings. The number of amides is 1. The number of halogens is 1. The van der Waals surface area contributed by atoms with Crippen LogP contribution in [-0.4, -0.2) is 46.8 Å². The van der Waals surface area contributed by atoms with Crippen LogP contribution in [0.1, 0.15) is 62.8 Å².